The lowest BCUT2D eigenvalue weighted by molar-refractivity contribution is -0.0640. The van der Waals surface area contributed by atoms with Crippen molar-refractivity contribution in [2.24, 2.45) is 0 Å². The molecule has 1 saturated heterocycles. The summed E-state index contributed by atoms with van der Waals surface area (Å²) in [5, 5.41) is 0.0417. The van der Waals surface area contributed by atoms with Crippen LogP contribution in [0, 0.1) is 5.82 Å². The van der Waals surface area contributed by atoms with E-state index in [1.165, 1.54) is 4.31 Å². The zero-order chi connectivity index (χ0) is 16.0. The lowest BCUT2D eigenvalue weighted by Crippen LogP contribution is -2.50. The summed E-state index contributed by atoms with van der Waals surface area (Å²) in [5.74, 6) is -1.00. The second kappa shape index (κ2) is 5.66. The summed E-state index contributed by atoms with van der Waals surface area (Å²) in [6.07, 6.45) is 0. The Hall–Kier alpha value is -0.410. The fourth-order valence-electron chi connectivity index (χ4n) is 2.10. The molecular weight excluding hydrogens is 387 g/mol. The van der Waals surface area contributed by atoms with Gasteiger partial charge >= 0.3 is 0 Å². The quantitative estimate of drug-likeness (QED) is 0.611. The van der Waals surface area contributed by atoms with E-state index >= 15 is 0 Å². The molecule has 1 fully saturated rings. The molecule has 0 aliphatic carbocycles. The molecule has 1 aromatic carbocycles. The van der Waals surface area contributed by atoms with Gasteiger partial charge in [-0.2, -0.15) is 4.31 Å². The number of nitrogens with zero attached hydrogens (tertiary/aromatic N) is 1. The second-order valence-electron chi connectivity index (χ2n) is 5.34. The highest BCUT2D eigenvalue weighted by Gasteiger charge is 2.37. The number of anilines is 1. The molecule has 0 radical (unpaired) electrons. The molecule has 5 nitrogen and oxygen atoms in total. The van der Waals surface area contributed by atoms with Gasteiger partial charge in [0.15, 0.2) is 5.82 Å². The third kappa shape index (κ3) is 3.19. The van der Waals surface area contributed by atoms with Crippen molar-refractivity contribution >= 4 is 43.2 Å². The van der Waals surface area contributed by atoms with E-state index in [0.717, 1.165) is 6.07 Å². The largest absolute Gasteiger partial charge is 0.395 e. The zero-order valence-electron chi connectivity index (χ0n) is 11.5. The van der Waals surface area contributed by atoms with Crippen molar-refractivity contribution in [1.82, 2.24) is 4.31 Å². The highest BCUT2D eigenvalue weighted by molar-refractivity contribution is 9.10. The van der Waals surface area contributed by atoms with Gasteiger partial charge in [-0.15, -0.1) is 0 Å². The fourth-order valence-corrected chi connectivity index (χ4v) is 4.35. The van der Waals surface area contributed by atoms with Crippen LogP contribution in [0.15, 0.2) is 15.4 Å². The first-order chi connectivity index (χ1) is 9.56. The summed E-state index contributed by atoms with van der Waals surface area (Å²) >= 11 is 8.91. The summed E-state index contributed by atoms with van der Waals surface area (Å²) < 4.78 is 46.2. The average molecular weight is 402 g/mol. The molecule has 1 aliphatic heterocycles. The average Bonchev–Trinajstić information content (AvgIpc) is 2.39. The highest BCUT2D eigenvalue weighted by atomic mass is 79.9. The van der Waals surface area contributed by atoms with Gasteiger partial charge in [-0.05, 0) is 35.8 Å². The van der Waals surface area contributed by atoms with Gasteiger partial charge in [0, 0.05) is 13.1 Å². The van der Waals surface area contributed by atoms with Crippen LogP contribution in [0.4, 0.5) is 10.1 Å². The molecule has 1 aromatic rings. The van der Waals surface area contributed by atoms with E-state index in [9.17, 15) is 12.8 Å². The molecule has 0 atom stereocenters. The van der Waals surface area contributed by atoms with Crippen LogP contribution in [0.25, 0.3) is 0 Å². The van der Waals surface area contributed by atoms with Crippen LogP contribution in [0.2, 0.25) is 5.02 Å². The third-order valence-corrected chi connectivity index (χ3v) is 6.39. The number of nitrogens with two attached hydrogens (primary N) is 1. The topological polar surface area (TPSA) is 72.6 Å². The normalized spacial score (nSPS) is 19.7. The number of morpholine rings is 1. The first-order valence-electron chi connectivity index (χ1n) is 6.13. The number of benzene rings is 1. The number of nitrogen functional groups attached to an aromatic ring is 1. The number of ether oxygens (including phenoxy) is 1. The SMILES string of the molecule is CC1(C)CN(S(=O)(=O)c2cc(Cl)c(Br)c(N)c2F)CCO1. The third-order valence-electron chi connectivity index (χ3n) is 3.17. The Morgan fingerprint density at radius 3 is 2.71 bits per heavy atom. The Kier molecular flexibility index (Phi) is 4.57. The monoisotopic (exact) mass is 400 g/mol. The van der Waals surface area contributed by atoms with Crippen LogP contribution in [0.3, 0.4) is 0 Å². The first-order valence-corrected chi connectivity index (χ1v) is 8.74. The minimum absolute atomic E-state index is 0.0417. The van der Waals surface area contributed by atoms with E-state index in [-0.39, 0.29) is 34.9 Å². The molecule has 0 saturated carbocycles. The van der Waals surface area contributed by atoms with Crippen molar-refractivity contribution in [3.05, 3.63) is 21.4 Å². The maximum atomic E-state index is 14.2. The highest BCUT2D eigenvalue weighted by Crippen LogP contribution is 2.36. The lowest BCUT2D eigenvalue weighted by Gasteiger charge is -2.37. The van der Waals surface area contributed by atoms with Gasteiger partial charge < -0.3 is 10.5 Å². The van der Waals surface area contributed by atoms with Crippen molar-refractivity contribution in [2.45, 2.75) is 24.3 Å². The van der Waals surface area contributed by atoms with E-state index in [0.29, 0.717) is 0 Å². The van der Waals surface area contributed by atoms with Gasteiger partial charge in [0.05, 0.1) is 27.4 Å². The van der Waals surface area contributed by atoms with E-state index in [4.69, 9.17) is 22.1 Å². The standard InChI is InChI=1S/C12H15BrClFN2O3S/c1-12(2)6-17(3-4-20-12)21(18,19)8-5-7(14)9(13)11(16)10(8)15/h5H,3-4,6,16H2,1-2H3. The van der Waals surface area contributed by atoms with E-state index in [1.807, 2.05) is 0 Å². The maximum absolute atomic E-state index is 14.2. The molecule has 0 aromatic heterocycles. The Balaban J connectivity index is 2.50. The molecule has 9 heteroatoms. The molecule has 0 bridgehead atoms. The lowest BCUT2D eigenvalue weighted by atomic mass is 10.1. The van der Waals surface area contributed by atoms with Crippen LogP contribution in [0.1, 0.15) is 13.8 Å². The Morgan fingerprint density at radius 2 is 2.14 bits per heavy atom. The number of hydrogen-bond donors (Lipinski definition) is 1. The Bertz CT molecular complexity index is 682. The van der Waals surface area contributed by atoms with Gasteiger partial charge in [0.25, 0.3) is 0 Å². The number of halogens is 3. The van der Waals surface area contributed by atoms with E-state index in [2.05, 4.69) is 15.9 Å². The van der Waals surface area contributed by atoms with Crippen LogP contribution in [-0.2, 0) is 14.8 Å². The second-order valence-corrected chi connectivity index (χ2v) is 8.45. The van der Waals surface area contributed by atoms with E-state index < -0.39 is 26.3 Å². The predicted molar refractivity (Wildman–Crippen MR) is 82.3 cm³/mol. The molecule has 0 spiro atoms. The molecule has 118 valence electrons. The van der Waals surface area contributed by atoms with Crippen molar-refractivity contribution in [3.63, 3.8) is 0 Å². The smallest absolute Gasteiger partial charge is 0.246 e. The molecule has 1 heterocycles. The summed E-state index contributed by atoms with van der Waals surface area (Å²) in [6, 6.07) is 1.06. The van der Waals surface area contributed by atoms with Gasteiger partial charge in [-0.25, -0.2) is 12.8 Å². The van der Waals surface area contributed by atoms with Crippen molar-refractivity contribution in [1.29, 1.82) is 0 Å². The molecule has 21 heavy (non-hydrogen) atoms. The molecular formula is C12H15BrClFN2O3S. The van der Waals surface area contributed by atoms with Crippen molar-refractivity contribution in [3.8, 4) is 0 Å². The van der Waals surface area contributed by atoms with Crippen molar-refractivity contribution in [2.75, 3.05) is 25.4 Å². The van der Waals surface area contributed by atoms with Gasteiger partial charge in [-0.1, -0.05) is 11.6 Å². The van der Waals surface area contributed by atoms with Gasteiger partial charge in [0.1, 0.15) is 4.90 Å². The van der Waals surface area contributed by atoms with Gasteiger partial charge in [0.2, 0.25) is 10.0 Å². The van der Waals surface area contributed by atoms with E-state index in [1.54, 1.807) is 13.8 Å². The summed E-state index contributed by atoms with van der Waals surface area (Å²) in [6.45, 7) is 4.07. The Labute approximate surface area is 136 Å². The molecule has 0 unspecified atom stereocenters. The number of rotatable bonds is 2. The minimum Gasteiger partial charge on any atom is -0.395 e. The summed E-state index contributed by atoms with van der Waals surface area (Å²) in [4.78, 5) is -0.522. The summed E-state index contributed by atoms with van der Waals surface area (Å²) in [7, 11) is -4.03. The number of hydrogen-bond acceptors (Lipinski definition) is 4. The van der Waals surface area contributed by atoms with Gasteiger partial charge in [-0.3, -0.25) is 0 Å². The Morgan fingerprint density at radius 1 is 1.52 bits per heavy atom. The van der Waals surface area contributed by atoms with Crippen LogP contribution >= 0.6 is 27.5 Å². The summed E-state index contributed by atoms with van der Waals surface area (Å²) in [5.41, 5.74) is 4.59. The van der Waals surface area contributed by atoms with Crippen LogP contribution < -0.4 is 5.73 Å². The molecule has 2 N–H and O–H groups in total. The fraction of sp³-hybridized carbons (Fsp3) is 0.500. The molecule has 0 amide bonds. The first kappa shape index (κ1) is 17.0. The zero-order valence-corrected chi connectivity index (χ0v) is 14.6. The maximum Gasteiger partial charge on any atom is 0.246 e. The van der Waals surface area contributed by atoms with Crippen LogP contribution in [-0.4, -0.2) is 38.0 Å². The predicted octanol–water partition coefficient (Wildman–Crippen LogP) is 2.62. The molecule has 2 rings (SSSR count). The number of sulfonamides is 1. The van der Waals surface area contributed by atoms with Crippen molar-refractivity contribution < 1.29 is 17.5 Å². The minimum atomic E-state index is -4.03. The van der Waals surface area contributed by atoms with Crippen LogP contribution in [0.5, 0.6) is 0 Å². The molecule has 1 aliphatic rings.